The number of rotatable bonds is 5. The second-order valence-corrected chi connectivity index (χ2v) is 6.21. The van der Waals surface area contributed by atoms with Crippen LogP contribution in [-0.2, 0) is 4.79 Å². The number of ether oxygens (including phenoxy) is 1. The quantitative estimate of drug-likeness (QED) is 0.498. The van der Waals surface area contributed by atoms with Gasteiger partial charge in [0.2, 0.25) is 5.91 Å². The molecule has 136 valence electrons. The van der Waals surface area contributed by atoms with Gasteiger partial charge in [-0.2, -0.15) is 0 Å². The fraction of sp³-hybridized carbons (Fsp3) is 0.0909. The Hall–Kier alpha value is -3.18. The summed E-state index contributed by atoms with van der Waals surface area (Å²) in [7, 11) is 0. The predicted molar refractivity (Wildman–Crippen MR) is 115 cm³/mol. The molecule has 3 aromatic rings. The van der Waals surface area contributed by atoms with Gasteiger partial charge in [0, 0.05) is 11.8 Å². The monoisotopic (exact) mass is 376 g/mol. The average Bonchev–Trinajstić information content (AvgIpc) is 2.68. The maximum Gasteiger partial charge on any atom is 0.250 e. The van der Waals surface area contributed by atoms with Crippen molar-refractivity contribution in [1.29, 1.82) is 0 Å². The molecule has 27 heavy (non-hydrogen) atoms. The zero-order valence-corrected chi connectivity index (χ0v) is 15.8. The van der Waals surface area contributed by atoms with Gasteiger partial charge in [0.15, 0.2) is 5.11 Å². The minimum atomic E-state index is -0.286. The molecule has 1 amide bonds. The van der Waals surface area contributed by atoms with Crippen molar-refractivity contribution in [1.82, 2.24) is 5.32 Å². The number of hydrogen-bond acceptors (Lipinski definition) is 3. The van der Waals surface area contributed by atoms with Gasteiger partial charge in [0.05, 0.1) is 6.61 Å². The van der Waals surface area contributed by atoms with E-state index in [0.29, 0.717) is 6.61 Å². The van der Waals surface area contributed by atoms with Gasteiger partial charge >= 0.3 is 0 Å². The molecule has 0 heterocycles. The second-order valence-electron chi connectivity index (χ2n) is 5.80. The van der Waals surface area contributed by atoms with E-state index in [2.05, 4.69) is 10.6 Å². The average molecular weight is 376 g/mol. The van der Waals surface area contributed by atoms with Crippen LogP contribution in [0.4, 0.5) is 5.69 Å². The summed E-state index contributed by atoms with van der Waals surface area (Å²) in [6.45, 7) is 2.55. The Balaban J connectivity index is 1.59. The Morgan fingerprint density at radius 1 is 1.04 bits per heavy atom. The largest absolute Gasteiger partial charge is 0.494 e. The molecule has 0 saturated heterocycles. The summed E-state index contributed by atoms with van der Waals surface area (Å²) in [6.07, 6.45) is 3.27. The van der Waals surface area contributed by atoms with Crippen LogP contribution in [0.2, 0.25) is 0 Å². The van der Waals surface area contributed by atoms with Crippen molar-refractivity contribution in [3.05, 3.63) is 78.4 Å². The van der Waals surface area contributed by atoms with Crippen LogP contribution < -0.4 is 15.4 Å². The number of benzene rings is 3. The van der Waals surface area contributed by atoms with Crippen LogP contribution in [-0.4, -0.2) is 17.6 Å². The van der Waals surface area contributed by atoms with Gasteiger partial charge < -0.3 is 10.1 Å². The van der Waals surface area contributed by atoms with Crippen LogP contribution in [0, 0.1) is 0 Å². The van der Waals surface area contributed by atoms with Crippen molar-refractivity contribution >= 4 is 45.8 Å². The van der Waals surface area contributed by atoms with E-state index >= 15 is 0 Å². The van der Waals surface area contributed by atoms with Crippen LogP contribution in [0.3, 0.4) is 0 Å². The number of carbonyl (C=O) groups is 1. The Bertz CT molecular complexity index is 976. The van der Waals surface area contributed by atoms with E-state index in [0.717, 1.165) is 27.8 Å². The number of thiocarbonyl (C=S) groups is 1. The molecule has 0 unspecified atom stereocenters. The van der Waals surface area contributed by atoms with Crippen LogP contribution >= 0.6 is 12.2 Å². The van der Waals surface area contributed by atoms with E-state index < -0.39 is 0 Å². The predicted octanol–water partition coefficient (Wildman–Crippen LogP) is 4.76. The lowest BCUT2D eigenvalue weighted by Crippen LogP contribution is -2.32. The summed E-state index contributed by atoms with van der Waals surface area (Å²) in [5.74, 6) is 0.502. The molecule has 3 aromatic carbocycles. The van der Waals surface area contributed by atoms with E-state index in [9.17, 15) is 4.79 Å². The van der Waals surface area contributed by atoms with Crippen molar-refractivity contribution in [2.24, 2.45) is 0 Å². The lowest BCUT2D eigenvalue weighted by Gasteiger charge is -2.09. The summed E-state index contributed by atoms with van der Waals surface area (Å²) in [6, 6.07) is 21.4. The number of fused-ring (bicyclic) bond motifs is 1. The molecule has 3 rings (SSSR count). The zero-order valence-electron chi connectivity index (χ0n) is 14.9. The topological polar surface area (TPSA) is 50.4 Å². The molecule has 5 heteroatoms. The molecule has 0 atom stereocenters. The third kappa shape index (κ3) is 5.15. The van der Waals surface area contributed by atoms with Gasteiger partial charge in [-0.05, 0) is 65.8 Å². The van der Waals surface area contributed by atoms with Gasteiger partial charge in [-0.3, -0.25) is 10.1 Å². The highest BCUT2D eigenvalue weighted by Gasteiger charge is 2.03. The van der Waals surface area contributed by atoms with Crippen molar-refractivity contribution < 1.29 is 9.53 Å². The van der Waals surface area contributed by atoms with Crippen molar-refractivity contribution in [2.45, 2.75) is 6.92 Å². The Labute approximate surface area is 163 Å². The van der Waals surface area contributed by atoms with Gasteiger partial charge in [0.25, 0.3) is 0 Å². The normalized spacial score (nSPS) is 10.7. The molecule has 0 bridgehead atoms. The van der Waals surface area contributed by atoms with Crippen LogP contribution in [0.15, 0.2) is 72.8 Å². The van der Waals surface area contributed by atoms with Crippen molar-refractivity contribution in [3.8, 4) is 5.75 Å². The van der Waals surface area contributed by atoms with E-state index in [1.165, 1.54) is 6.08 Å². The number of amides is 1. The van der Waals surface area contributed by atoms with Gasteiger partial charge in [-0.15, -0.1) is 0 Å². The summed E-state index contributed by atoms with van der Waals surface area (Å²) < 4.78 is 5.40. The lowest BCUT2D eigenvalue weighted by molar-refractivity contribution is -0.115. The fourth-order valence-corrected chi connectivity index (χ4v) is 2.90. The van der Waals surface area contributed by atoms with E-state index in [1.807, 2.05) is 73.7 Å². The first-order valence-electron chi connectivity index (χ1n) is 8.66. The Kier molecular flexibility index (Phi) is 6.18. The summed E-state index contributed by atoms with van der Waals surface area (Å²) in [5.41, 5.74) is 1.76. The number of anilines is 1. The first kappa shape index (κ1) is 18.6. The summed E-state index contributed by atoms with van der Waals surface area (Å²) >= 11 is 5.20. The highest BCUT2D eigenvalue weighted by atomic mass is 32.1. The molecule has 0 saturated carbocycles. The molecule has 0 aliphatic rings. The summed E-state index contributed by atoms with van der Waals surface area (Å²) in [4.78, 5) is 12.1. The minimum absolute atomic E-state index is 0.242. The minimum Gasteiger partial charge on any atom is -0.494 e. The Morgan fingerprint density at radius 2 is 1.78 bits per heavy atom. The standard InChI is InChI=1S/C22H20N2O2S/c1-2-26-19-13-11-18(12-14-19)23-22(27)24-21(25)15-10-17-8-5-7-16-6-3-4-9-20(16)17/h3-15H,2H2,1H3,(H2,23,24,25,27). The van der Waals surface area contributed by atoms with E-state index in [4.69, 9.17) is 17.0 Å². The number of carbonyl (C=O) groups excluding carboxylic acids is 1. The molecular weight excluding hydrogens is 356 g/mol. The van der Waals surface area contributed by atoms with Gasteiger partial charge in [0.1, 0.15) is 5.75 Å². The molecule has 0 aliphatic heterocycles. The highest BCUT2D eigenvalue weighted by molar-refractivity contribution is 7.80. The molecule has 4 nitrogen and oxygen atoms in total. The van der Waals surface area contributed by atoms with Crippen molar-refractivity contribution in [3.63, 3.8) is 0 Å². The maximum absolute atomic E-state index is 12.1. The van der Waals surface area contributed by atoms with E-state index in [-0.39, 0.29) is 11.0 Å². The van der Waals surface area contributed by atoms with Crippen LogP contribution in [0.5, 0.6) is 5.75 Å². The summed E-state index contributed by atoms with van der Waals surface area (Å²) in [5, 5.41) is 8.10. The van der Waals surface area contributed by atoms with E-state index in [1.54, 1.807) is 6.08 Å². The second kappa shape index (κ2) is 8.96. The third-order valence-corrected chi connectivity index (χ3v) is 4.10. The molecule has 0 fully saturated rings. The smallest absolute Gasteiger partial charge is 0.250 e. The zero-order chi connectivity index (χ0) is 19.1. The fourth-order valence-electron chi connectivity index (χ4n) is 2.68. The maximum atomic E-state index is 12.1. The van der Waals surface area contributed by atoms with Crippen LogP contribution in [0.1, 0.15) is 12.5 Å². The molecule has 2 N–H and O–H groups in total. The first-order valence-corrected chi connectivity index (χ1v) is 9.07. The van der Waals surface area contributed by atoms with Crippen LogP contribution in [0.25, 0.3) is 16.8 Å². The molecule has 0 aromatic heterocycles. The van der Waals surface area contributed by atoms with Gasteiger partial charge in [-0.1, -0.05) is 42.5 Å². The first-order chi connectivity index (χ1) is 13.2. The van der Waals surface area contributed by atoms with Crippen molar-refractivity contribution in [2.75, 3.05) is 11.9 Å². The van der Waals surface area contributed by atoms with Gasteiger partial charge in [-0.25, -0.2) is 0 Å². The number of hydrogen-bond donors (Lipinski definition) is 2. The molecular formula is C22H20N2O2S. The highest BCUT2D eigenvalue weighted by Crippen LogP contribution is 2.19. The molecule has 0 spiro atoms. The SMILES string of the molecule is CCOc1ccc(NC(=S)NC(=O)C=Cc2cccc3ccccc23)cc1. The molecule has 0 aliphatic carbocycles. The molecule has 0 radical (unpaired) electrons. The third-order valence-electron chi connectivity index (χ3n) is 3.90. The lowest BCUT2D eigenvalue weighted by atomic mass is 10.0. The number of nitrogens with one attached hydrogen (secondary N) is 2. The Morgan fingerprint density at radius 3 is 2.56 bits per heavy atom.